The van der Waals surface area contributed by atoms with Crippen LogP contribution in [0.2, 0.25) is 0 Å². The third-order valence-electron chi connectivity index (χ3n) is 3.72. The van der Waals surface area contributed by atoms with Gasteiger partial charge in [0, 0.05) is 25.4 Å². The first-order chi connectivity index (χ1) is 9.88. The molecule has 0 radical (unpaired) electrons. The van der Waals surface area contributed by atoms with Crippen LogP contribution in [0.1, 0.15) is 19.3 Å². The molecule has 1 aliphatic carbocycles. The van der Waals surface area contributed by atoms with Gasteiger partial charge in [0.25, 0.3) is 5.56 Å². The fourth-order valence-electron chi connectivity index (χ4n) is 2.50. The second-order valence-electron chi connectivity index (χ2n) is 5.24. The molecule has 1 fully saturated rings. The minimum Gasteiger partial charge on any atom is -0.481 e. The van der Waals surface area contributed by atoms with E-state index >= 15 is 0 Å². The molecule has 0 bridgehead atoms. The monoisotopic (exact) mass is 295 g/mol. The van der Waals surface area contributed by atoms with Gasteiger partial charge in [0.2, 0.25) is 5.91 Å². The molecule has 0 aliphatic heterocycles. The number of amides is 1. The van der Waals surface area contributed by atoms with E-state index in [0.29, 0.717) is 19.3 Å². The molecule has 8 heteroatoms. The molecule has 0 aromatic carbocycles. The molecular weight excluding hydrogens is 278 g/mol. The van der Waals surface area contributed by atoms with Gasteiger partial charge in [-0.05, 0) is 19.3 Å². The Balaban J connectivity index is 1.97. The predicted molar refractivity (Wildman–Crippen MR) is 72.9 cm³/mol. The SMILES string of the molecule is Cn1c(=O)ccn(CC(=O)NC2CCC(C(=O)O)C2)c1=O. The van der Waals surface area contributed by atoms with Gasteiger partial charge in [0.15, 0.2) is 0 Å². The Morgan fingerprint density at radius 2 is 2.10 bits per heavy atom. The molecule has 8 nitrogen and oxygen atoms in total. The minimum atomic E-state index is -0.846. The summed E-state index contributed by atoms with van der Waals surface area (Å²) in [6, 6.07) is 1.03. The van der Waals surface area contributed by atoms with Crippen LogP contribution in [-0.4, -0.2) is 32.2 Å². The summed E-state index contributed by atoms with van der Waals surface area (Å²) in [5.41, 5.74) is -0.996. The number of carboxylic acid groups (broad SMARTS) is 1. The molecule has 1 aromatic rings. The Hall–Kier alpha value is -2.38. The summed E-state index contributed by atoms with van der Waals surface area (Å²) in [6.07, 6.45) is 2.84. The molecule has 1 aromatic heterocycles. The number of aromatic nitrogens is 2. The van der Waals surface area contributed by atoms with Crippen LogP contribution < -0.4 is 16.6 Å². The second kappa shape index (κ2) is 5.94. The molecule has 1 heterocycles. The third-order valence-corrected chi connectivity index (χ3v) is 3.72. The lowest BCUT2D eigenvalue weighted by molar-refractivity contribution is -0.141. The van der Waals surface area contributed by atoms with Crippen LogP contribution >= 0.6 is 0 Å². The van der Waals surface area contributed by atoms with Gasteiger partial charge >= 0.3 is 11.7 Å². The highest BCUT2D eigenvalue weighted by atomic mass is 16.4. The maximum absolute atomic E-state index is 11.9. The summed E-state index contributed by atoms with van der Waals surface area (Å²) >= 11 is 0. The Kier molecular flexibility index (Phi) is 4.25. The first-order valence-electron chi connectivity index (χ1n) is 6.67. The normalized spacial score (nSPS) is 21.2. The molecule has 1 amide bonds. The van der Waals surface area contributed by atoms with Gasteiger partial charge in [-0.15, -0.1) is 0 Å². The van der Waals surface area contributed by atoms with Crippen LogP contribution in [0.3, 0.4) is 0 Å². The standard InChI is InChI=1S/C13H17N3O5/c1-15-11(18)4-5-16(13(15)21)7-10(17)14-9-3-2-8(6-9)12(19)20/h4-5,8-9H,2-3,6-7H2,1H3,(H,14,17)(H,19,20). The Morgan fingerprint density at radius 3 is 2.71 bits per heavy atom. The fourth-order valence-corrected chi connectivity index (χ4v) is 2.50. The highest BCUT2D eigenvalue weighted by Crippen LogP contribution is 2.25. The number of nitrogens with one attached hydrogen (secondary N) is 1. The van der Waals surface area contributed by atoms with Crippen molar-refractivity contribution in [2.24, 2.45) is 13.0 Å². The number of carbonyl (C=O) groups is 2. The molecule has 2 rings (SSSR count). The van der Waals surface area contributed by atoms with E-state index in [0.717, 1.165) is 9.13 Å². The molecular formula is C13H17N3O5. The fraction of sp³-hybridized carbons (Fsp3) is 0.538. The average molecular weight is 295 g/mol. The van der Waals surface area contributed by atoms with Crippen molar-refractivity contribution in [3.63, 3.8) is 0 Å². The van der Waals surface area contributed by atoms with Crippen molar-refractivity contribution in [3.05, 3.63) is 33.1 Å². The Labute approximate surface area is 120 Å². The molecule has 1 aliphatic rings. The van der Waals surface area contributed by atoms with E-state index < -0.39 is 23.1 Å². The van der Waals surface area contributed by atoms with Crippen LogP contribution in [0.5, 0.6) is 0 Å². The van der Waals surface area contributed by atoms with Gasteiger partial charge in [-0.1, -0.05) is 0 Å². The van der Waals surface area contributed by atoms with Crippen LogP contribution in [0.15, 0.2) is 21.9 Å². The maximum atomic E-state index is 11.9. The van der Waals surface area contributed by atoms with E-state index in [1.165, 1.54) is 19.3 Å². The Bertz CT molecular complexity index is 675. The maximum Gasteiger partial charge on any atom is 0.331 e. The number of carboxylic acids is 1. The lowest BCUT2D eigenvalue weighted by atomic mass is 10.1. The van der Waals surface area contributed by atoms with E-state index in [2.05, 4.69) is 5.32 Å². The highest BCUT2D eigenvalue weighted by molar-refractivity contribution is 5.76. The summed E-state index contributed by atoms with van der Waals surface area (Å²) in [5, 5.41) is 11.6. The van der Waals surface area contributed by atoms with Crippen LogP contribution in [0.4, 0.5) is 0 Å². The largest absolute Gasteiger partial charge is 0.481 e. The van der Waals surface area contributed by atoms with Crippen molar-refractivity contribution < 1.29 is 14.7 Å². The van der Waals surface area contributed by atoms with Gasteiger partial charge in [0.1, 0.15) is 6.54 Å². The number of nitrogens with zero attached hydrogens (tertiary/aromatic N) is 2. The van der Waals surface area contributed by atoms with Gasteiger partial charge in [-0.25, -0.2) is 4.79 Å². The van der Waals surface area contributed by atoms with E-state index in [1.807, 2.05) is 0 Å². The van der Waals surface area contributed by atoms with Crippen molar-refractivity contribution >= 4 is 11.9 Å². The summed E-state index contributed by atoms with van der Waals surface area (Å²) < 4.78 is 2.06. The quantitative estimate of drug-likeness (QED) is 0.734. The highest BCUT2D eigenvalue weighted by Gasteiger charge is 2.30. The molecule has 2 N–H and O–H groups in total. The molecule has 2 atom stereocenters. The zero-order valence-corrected chi connectivity index (χ0v) is 11.6. The topological polar surface area (TPSA) is 110 Å². The van der Waals surface area contributed by atoms with Gasteiger partial charge in [-0.2, -0.15) is 0 Å². The summed E-state index contributed by atoms with van der Waals surface area (Å²) in [6.45, 7) is -0.193. The van der Waals surface area contributed by atoms with Crippen molar-refractivity contribution in [2.45, 2.75) is 31.8 Å². The van der Waals surface area contributed by atoms with Crippen molar-refractivity contribution in [1.29, 1.82) is 0 Å². The van der Waals surface area contributed by atoms with Crippen LogP contribution in [0, 0.1) is 5.92 Å². The average Bonchev–Trinajstić information content (AvgIpc) is 2.88. The van der Waals surface area contributed by atoms with Crippen LogP contribution in [0.25, 0.3) is 0 Å². The van der Waals surface area contributed by atoms with Crippen molar-refractivity contribution in [2.75, 3.05) is 0 Å². The molecule has 114 valence electrons. The zero-order valence-electron chi connectivity index (χ0n) is 11.6. The number of carbonyl (C=O) groups excluding carboxylic acids is 1. The van der Waals surface area contributed by atoms with E-state index in [9.17, 15) is 19.2 Å². The second-order valence-corrected chi connectivity index (χ2v) is 5.24. The molecule has 0 spiro atoms. The summed E-state index contributed by atoms with van der Waals surface area (Å²) in [7, 11) is 1.34. The van der Waals surface area contributed by atoms with E-state index in [-0.39, 0.29) is 18.5 Å². The summed E-state index contributed by atoms with van der Waals surface area (Å²) in [5.74, 6) is -1.64. The molecule has 0 saturated heterocycles. The number of aliphatic carboxylic acids is 1. The molecule has 1 saturated carbocycles. The predicted octanol–water partition coefficient (Wildman–Crippen LogP) is -1.08. The number of hydrogen-bond donors (Lipinski definition) is 2. The number of rotatable bonds is 4. The molecule has 21 heavy (non-hydrogen) atoms. The number of hydrogen-bond acceptors (Lipinski definition) is 4. The minimum absolute atomic E-state index is 0.179. The first-order valence-corrected chi connectivity index (χ1v) is 6.67. The van der Waals surface area contributed by atoms with Gasteiger partial charge in [0.05, 0.1) is 5.92 Å². The van der Waals surface area contributed by atoms with E-state index in [1.54, 1.807) is 0 Å². The van der Waals surface area contributed by atoms with Gasteiger partial charge < -0.3 is 10.4 Å². The lowest BCUT2D eigenvalue weighted by Gasteiger charge is -2.13. The van der Waals surface area contributed by atoms with Crippen molar-refractivity contribution in [1.82, 2.24) is 14.5 Å². The third kappa shape index (κ3) is 3.39. The van der Waals surface area contributed by atoms with Crippen molar-refractivity contribution in [3.8, 4) is 0 Å². The van der Waals surface area contributed by atoms with Gasteiger partial charge in [-0.3, -0.25) is 23.5 Å². The zero-order chi connectivity index (χ0) is 15.6. The van der Waals surface area contributed by atoms with E-state index in [4.69, 9.17) is 5.11 Å². The summed E-state index contributed by atoms with van der Waals surface area (Å²) in [4.78, 5) is 45.8. The smallest absolute Gasteiger partial charge is 0.331 e. The first kappa shape index (κ1) is 15.0. The lowest BCUT2D eigenvalue weighted by Crippen LogP contribution is -2.42. The Morgan fingerprint density at radius 1 is 1.38 bits per heavy atom. The van der Waals surface area contributed by atoms with Crippen LogP contribution in [-0.2, 0) is 23.2 Å². The molecule has 2 unspecified atom stereocenters.